The van der Waals surface area contributed by atoms with Crippen LogP contribution in [0.4, 0.5) is 5.13 Å². The zero-order valence-electron chi connectivity index (χ0n) is 11.6. The Kier molecular flexibility index (Phi) is 4.77. The lowest BCUT2D eigenvalue weighted by molar-refractivity contribution is -0.116. The Labute approximate surface area is 123 Å². The summed E-state index contributed by atoms with van der Waals surface area (Å²) in [5, 5.41) is 5.81. The van der Waals surface area contributed by atoms with E-state index in [0.717, 1.165) is 5.69 Å². The molecule has 1 fully saturated rings. The minimum absolute atomic E-state index is 0.0141. The van der Waals surface area contributed by atoms with Gasteiger partial charge in [-0.2, -0.15) is 0 Å². The van der Waals surface area contributed by atoms with Gasteiger partial charge in [-0.3, -0.25) is 9.69 Å². The van der Waals surface area contributed by atoms with Crippen LogP contribution in [0.3, 0.4) is 0 Å². The number of nitrogens with one attached hydrogen (secondary N) is 1. The Morgan fingerprint density at radius 2 is 2.35 bits per heavy atom. The molecule has 0 saturated carbocycles. The molecule has 8 heteroatoms. The lowest BCUT2D eigenvalue weighted by Gasteiger charge is -2.14. The summed E-state index contributed by atoms with van der Waals surface area (Å²) in [6, 6.07) is 0.0141. The van der Waals surface area contributed by atoms with Crippen molar-refractivity contribution in [3.8, 4) is 0 Å². The van der Waals surface area contributed by atoms with Crippen molar-refractivity contribution in [3.63, 3.8) is 0 Å². The minimum Gasteiger partial charge on any atom is -0.307 e. The lowest BCUT2D eigenvalue weighted by Crippen LogP contribution is -2.30. The van der Waals surface area contributed by atoms with Gasteiger partial charge in [0, 0.05) is 31.4 Å². The monoisotopic (exact) mass is 317 g/mol. The van der Waals surface area contributed by atoms with E-state index in [1.807, 2.05) is 12.3 Å². The number of rotatable bonds is 5. The Hall–Kier alpha value is -0.990. The molecule has 112 valence electrons. The number of hydrogen-bond donors (Lipinski definition) is 1. The summed E-state index contributed by atoms with van der Waals surface area (Å²) < 4.78 is 22.7. The molecule has 0 radical (unpaired) electrons. The Bertz CT molecular complexity index is 583. The summed E-state index contributed by atoms with van der Waals surface area (Å²) in [5.41, 5.74) is 0.842. The first kappa shape index (κ1) is 15.4. The summed E-state index contributed by atoms with van der Waals surface area (Å²) in [4.78, 5) is 17.5. The third-order valence-corrected chi connectivity index (χ3v) is 5.95. The van der Waals surface area contributed by atoms with Crippen LogP contribution in [0.15, 0.2) is 5.38 Å². The predicted octanol–water partition coefficient (Wildman–Crippen LogP) is 0.793. The smallest absolute Gasteiger partial charge is 0.225 e. The molecular formula is C12H19N3O3S2. The number of amides is 1. The zero-order valence-corrected chi connectivity index (χ0v) is 13.3. The van der Waals surface area contributed by atoms with Crippen LogP contribution in [0.2, 0.25) is 0 Å². The highest BCUT2D eigenvalue weighted by molar-refractivity contribution is 7.91. The molecule has 6 nitrogen and oxygen atoms in total. The molecule has 20 heavy (non-hydrogen) atoms. The van der Waals surface area contributed by atoms with E-state index in [9.17, 15) is 13.2 Å². The Morgan fingerprint density at radius 1 is 1.60 bits per heavy atom. The normalized spacial score (nSPS) is 21.0. The van der Waals surface area contributed by atoms with E-state index in [1.54, 1.807) is 4.90 Å². The highest BCUT2D eigenvalue weighted by atomic mass is 32.2. The van der Waals surface area contributed by atoms with Gasteiger partial charge in [0.2, 0.25) is 5.91 Å². The predicted molar refractivity (Wildman–Crippen MR) is 79.7 cm³/mol. The van der Waals surface area contributed by atoms with Crippen LogP contribution in [0.1, 0.15) is 26.0 Å². The molecule has 1 aromatic heterocycles. The molecule has 1 atom stereocenters. The second kappa shape index (κ2) is 6.19. The van der Waals surface area contributed by atoms with Crippen molar-refractivity contribution in [3.05, 3.63) is 11.1 Å². The summed E-state index contributed by atoms with van der Waals surface area (Å²) in [6.07, 6.45) is 0.661. The second-order valence-electron chi connectivity index (χ2n) is 4.87. The van der Waals surface area contributed by atoms with Crippen LogP contribution in [0.5, 0.6) is 0 Å². The summed E-state index contributed by atoms with van der Waals surface area (Å²) in [6.45, 7) is 4.55. The average molecular weight is 317 g/mol. The van der Waals surface area contributed by atoms with E-state index in [-0.39, 0.29) is 23.5 Å². The first-order chi connectivity index (χ1) is 9.41. The molecule has 1 amide bonds. The van der Waals surface area contributed by atoms with Gasteiger partial charge in [-0.15, -0.1) is 11.3 Å². The largest absolute Gasteiger partial charge is 0.307 e. The fraction of sp³-hybridized carbons (Fsp3) is 0.667. The van der Waals surface area contributed by atoms with Gasteiger partial charge in [0.25, 0.3) is 0 Å². The number of carbonyl (C=O) groups excluding carboxylic acids is 1. The molecule has 0 aliphatic carbocycles. The van der Waals surface area contributed by atoms with Crippen LogP contribution >= 0.6 is 11.3 Å². The molecule has 0 aromatic carbocycles. The van der Waals surface area contributed by atoms with Crippen LogP contribution in [0.25, 0.3) is 0 Å². The number of carbonyl (C=O) groups is 1. The maximum absolute atomic E-state index is 11.4. The van der Waals surface area contributed by atoms with Crippen molar-refractivity contribution in [1.82, 2.24) is 10.3 Å². The molecule has 0 spiro atoms. The number of nitrogens with zero attached hydrogens (tertiary/aromatic N) is 2. The third kappa shape index (κ3) is 3.77. The summed E-state index contributed by atoms with van der Waals surface area (Å²) in [5.74, 6) is 0.447. The molecule has 1 unspecified atom stereocenters. The van der Waals surface area contributed by atoms with Gasteiger partial charge >= 0.3 is 0 Å². The van der Waals surface area contributed by atoms with Gasteiger partial charge in [-0.25, -0.2) is 13.4 Å². The standard InChI is InChI=1S/C12H19N3O3S2/c1-3-15(9(2)16)12-14-11(7-19-12)6-13-10-4-5-20(17,18)8-10/h7,10,13H,3-6,8H2,1-2H3. The molecule has 1 saturated heterocycles. The first-order valence-electron chi connectivity index (χ1n) is 6.57. The van der Waals surface area contributed by atoms with Crippen LogP contribution in [-0.4, -0.2) is 43.4 Å². The molecule has 2 heterocycles. The highest BCUT2D eigenvalue weighted by Crippen LogP contribution is 2.21. The molecule has 1 aliphatic rings. The molecule has 0 bridgehead atoms. The van der Waals surface area contributed by atoms with Gasteiger partial charge in [0.15, 0.2) is 15.0 Å². The fourth-order valence-electron chi connectivity index (χ4n) is 2.20. The SMILES string of the molecule is CCN(C(C)=O)c1nc(CNC2CCS(=O)(=O)C2)cs1. The van der Waals surface area contributed by atoms with Crippen molar-refractivity contribution in [1.29, 1.82) is 0 Å². The average Bonchev–Trinajstić information content (AvgIpc) is 2.94. The maximum atomic E-state index is 11.4. The van der Waals surface area contributed by atoms with Crippen molar-refractivity contribution in [2.24, 2.45) is 0 Å². The highest BCUT2D eigenvalue weighted by Gasteiger charge is 2.27. The van der Waals surface area contributed by atoms with E-state index in [0.29, 0.717) is 24.6 Å². The molecular weight excluding hydrogens is 298 g/mol. The molecule has 1 aromatic rings. The Morgan fingerprint density at radius 3 is 2.90 bits per heavy atom. The molecule has 1 N–H and O–H groups in total. The number of hydrogen-bond acceptors (Lipinski definition) is 6. The zero-order chi connectivity index (χ0) is 14.8. The van der Waals surface area contributed by atoms with Crippen molar-refractivity contribution in [2.45, 2.75) is 32.9 Å². The summed E-state index contributed by atoms with van der Waals surface area (Å²) >= 11 is 1.43. The van der Waals surface area contributed by atoms with E-state index in [4.69, 9.17) is 0 Å². The van der Waals surface area contributed by atoms with E-state index in [2.05, 4.69) is 10.3 Å². The van der Waals surface area contributed by atoms with Crippen molar-refractivity contribution < 1.29 is 13.2 Å². The van der Waals surface area contributed by atoms with Crippen molar-refractivity contribution >= 4 is 32.2 Å². The lowest BCUT2D eigenvalue weighted by atomic mass is 10.2. The maximum Gasteiger partial charge on any atom is 0.225 e. The number of aromatic nitrogens is 1. The Balaban J connectivity index is 1.92. The number of anilines is 1. The van der Waals surface area contributed by atoms with E-state index >= 15 is 0 Å². The number of thiazole rings is 1. The van der Waals surface area contributed by atoms with Crippen LogP contribution < -0.4 is 10.2 Å². The minimum atomic E-state index is -2.86. The quantitative estimate of drug-likeness (QED) is 0.868. The van der Waals surface area contributed by atoms with Crippen LogP contribution in [0, 0.1) is 0 Å². The van der Waals surface area contributed by atoms with E-state index in [1.165, 1.54) is 18.3 Å². The van der Waals surface area contributed by atoms with E-state index < -0.39 is 9.84 Å². The topological polar surface area (TPSA) is 79.4 Å². The third-order valence-electron chi connectivity index (χ3n) is 3.27. The number of sulfone groups is 1. The molecule has 1 aliphatic heterocycles. The molecule has 2 rings (SSSR count). The van der Waals surface area contributed by atoms with Gasteiger partial charge < -0.3 is 5.32 Å². The van der Waals surface area contributed by atoms with Gasteiger partial charge in [0.05, 0.1) is 17.2 Å². The van der Waals surface area contributed by atoms with Gasteiger partial charge in [0.1, 0.15) is 0 Å². The summed E-state index contributed by atoms with van der Waals surface area (Å²) in [7, 11) is -2.86. The second-order valence-corrected chi connectivity index (χ2v) is 7.93. The van der Waals surface area contributed by atoms with Gasteiger partial charge in [-0.1, -0.05) is 0 Å². The van der Waals surface area contributed by atoms with Gasteiger partial charge in [-0.05, 0) is 13.3 Å². The van der Waals surface area contributed by atoms with Crippen LogP contribution in [-0.2, 0) is 21.2 Å². The van der Waals surface area contributed by atoms with Crippen molar-refractivity contribution in [2.75, 3.05) is 23.0 Å². The fourth-order valence-corrected chi connectivity index (χ4v) is 4.84. The first-order valence-corrected chi connectivity index (χ1v) is 9.27.